The molecule has 1 aromatic carbocycles. The van der Waals surface area contributed by atoms with Crippen LogP contribution in [0.25, 0.3) is 10.9 Å². The minimum atomic E-state index is 0.766. The van der Waals surface area contributed by atoms with E-state index in [1.807, 2.05) is 15.6 Å². The van der Waals surface area contributed by atoms with Crippen LogP contribution in [0.4, 0.5) is 0 Å². The molecule has 0 radical (unpaired) electrons. The number of hydrogen-bond acceptors (Lipinski definition) is 4. The average Bonchev–Trinajstić information content (AvgIpc) is 3.11. The average molecular weight is 270 g/mol. The molecule has 6 nitrogen and oxygen atoms in total. The Morgan fingerprint density at radius 2 is 2.15 bits per heavy atom. The van der Waals surface area contributed by atoms with E-state index in [-0.39, 0.29) is 0 Å². The Kier molecular flexibility index (Phi) is 3.73. The minimum absolute atomic E-state index is 0.766. The molecule has 2 heterocycles. The third kappa shape index (κ3) is 2.55. The van der Waals surface area contributed by atoms with E-state index in [0.717, 1.165) is 31.9 Å². The molecular weight excluding hydrogens is 252 g/mol. The van der Waals surface area contributed by atoms with Crippen LogP contribution < -0.4 is 5.32 Å². The molecule has 0 bridgehead atoms. The third-order valence-electron chi connectivity index (χ3n) is 3.32. The highest BCUT2D eigenvalue weighted by Crippen LogP contribution is 2.17. The van der Waals surface area contributed by atoms with Crippen molar-refractivity contribution in [3.63, 3.8) is 0 Å². The minimum Gasteiger partial charge on any atom is -0.309 e. The van der Waals surface area contributed by atoms with E-state index in [2.05, 4.69) is 51.9 Å². The summed E-state index contributed by atoms with van der Waals surface area (Å²) in [6, 6.07) is 8.36. The standard InChI is InChI=1S/C14H18N6/c1-2-20-14-6-4-3-5-12(14)13(17-20)11-15-7-9-19-10-8-16-18-19/h3-6,8,10,15H,2,7,9,11H2,1H3. The van der Waals surface area contributed by atoms with Gasteiger partial charge in [0, 0.05) is 31.2 Å². The molecule has 0 saturated heterocycles. The van der Waals surface area contributed by atoms with Crippen molar-refractivity contribution in [1.82, 2.24) is 30.1 Å². The van der Waals surface area contributed by atoms with Gasteiger partial charge in [0.15, 0.2) is 0 Å². The Hall–Kier alpha value is -2.21. The fourth-order valence-electron chi connectivity index (χ4n) is 2.32. The van der Waals surface area contributed by atoms with E-state index in [4.69, 9.17) is 0 Å². The SMILES string of the molecule is CCn1nc(CNCCn2ccnn2)c2ccccc21. The number of aromatic nitrogens is 5. The maximum atomic E-state index is 4.66. The van der Waals surface area contributed by atoms with Gasteiger partial charge in [0.1, 0.15) is 0 Å². The van der Waals surface area contributed by atoms with E-state index >= 15 is 0 Å². The number of fused-ring (bicyclic) bond motifs is 1. The van der Waals surface area contributed by atoms with Gasteiger partial charge >= 0.3 is 0 Å². The van der Waals surface area contributed by atoms with Crippen LogP contribution in [0.2, 0.25) is 0 Å². The molecule has 104 valence electrons. The molecule has 0 unspecified atom stereocenters. The molecule has 0 fully saturated rings. The zero-order valence-corrected chi connectivity index (χ0v) is 11.5. The van der Waals surface area contributed by atoms with E-state index in [9.17, 15) is 0 Å². The van der Waals surface area contributed by atoms with Crippen LogP contribution in [0.1, 0.15) is 12.6 Å². The molecule has 6 heteroatoms. The Balaban J connectivity index is 1.65. The van der Waals surface area contributed by atoms with Gasteiger partial charge in [-0.2, -0.15) is 5.10 Å². The van der Waals surface area contributed by atoms with Gasteiger partial charge in [0.2, 0.25) is 0 Å². The van der Waals surface area contributed by atoms with Crippen molar-refractivity contribution < 1.29 is 0 Å². The number of nitrogens with zero attached hydrogens (tertiary/aromatic N) is 5. The molecule has 0 aliphatic carbocycles. The fourth-order valence-corrected chi connectivity index (χ4v) is 2.32. The monoisotopic (exact) mass is 270 g/mol. The van der Waals surface area contributed by atoms with Crippen molar-refractivity contribution >= 4 is 10.9 Å². The van der Waals surface area contributed by atoms with Crippen LogP contribution in [0.15, 0.2) is 36.7 Å². The van der Waals surface area contributed by atoms with Crippen LogP contribution in [0, 0.1) is 0 Å². The summed E-state index contributed by atoms with van der Waals surface area (Å²) in [6.07, 6.45) is 3.55. The number of hydrogen-bond donors (Lipinski definition) is 1. The van der Waals surface area contributed by atoms with Gasteiger partial charge in [-0.1, -0.05) is 23.4 Å². The second kappa shape index (κ2) is 5.83. The summed E-state index contributed by atoms with van der Waals surface area (Å²) < 4.78 is 3.86. The van der Waals surface area contributed by atoms with Crippen LogP contribution in [0.3, 0.4) is 0 Å². The second-order valence-electron chi connectivity index (χ2n) is 4.62. The van der Waals surface area contributed by atoms with Gasteiger partial charge in [0.05, 0.1) is 24.0 Å². The molecular formula is C14H18N6. The highest BCUT2D eigenvalue weighted by molar-refractivity contribution is 5.81. The van der Waals surface area contributed by atoms with Gasteiger partial charge in [-0.05, 0) is 13.0 Å². The predicted octanol–water partition coefficient (Wildman–Crippen LogP) is 1.44. The van der Waals surface area contributed by atoms with Gasteiger partial charge < -0.3 is 5.32 Å². The number of aryl methyl sites for hydroxylation is 1. The number of rotatable bonds is 6. The van der Waals surface area contributed by atoms with E-state index in [0.29, 0.717) is 0 Å². The number of benzene rings is 1. The van der Waals surface area contributed by atoms with E-state index in [1.165, 1.54) is 10.9 Å². The maximum absolute atomic E-state index is 4.66. The Bertz CT molecular complexity index is 670. The van der Waals surface area contributed by atoms with Gasteiger partial charge in [0.25, 0.3) is 0 Å². The molecule has 0 amide bonds. The second-order valence-corrected chi connectivity index (χ2v) is 4.62. The summed E-state index contributed by atoms with van der Waals surface area (Å²) in [5, 5.41) is 17.0. The summed E-state index contributed by atoms with van der Waals surface area (Å²) >= 11 is 0. The van der Waals surface area contributed by atoms with Gasteiger partial charge in [-0.25, -0.2) is 0 Å². The smallest absolute Gasteiger partial charge is 0.0841 e. The summed E-state index contributed by atoms with van der Waals surface area (Å²) in [5.41, 5.74) is 2.30. The van der Waals surface area contributed by atoms with Crippen molar-refractivity contribution in [2.45, 2.75) is 26.6 Å². The van der Waals surface area contributed by atoms with E-state index < -0.39 is 0 Å². The lowest BCUT2D eigenvalue weighted by Gasteiger charge is -2.02. The summed E-state index contributed by atoms with van der Waals surface area (Å²) in [4.78, 5) is 0. The normalized spacial score (nSPS) is 11.2. The molecule has 2 aromatic heterocycles. The lowest BCUT2D eigenvalue weighted by atomic mass is 10.2. The highest BCUT2D eigenvalue weighted by atomic mass is 15.4. The quantitative estimate of drug-likeness (QED) is 0.688. The van der Waals surface area contributed by atoms with Crippen molar-refractivity contribution in [1.29, 1.82) is 0 Å². The van der Waals surface area contributed by atoms with Crippen molar-refractivity contribution in [2.24, 2.45) is 0 Å². The maximum Gasteiger partial charge on any atom is 0.0841 e. The Morgan fingerprint density at radius 1 is 1.25 bits per heavy atom. The molecule has 20 heavy (non-hydrogen) atoms. The first kappa shape index (κ1) is 12.8. The zero-order chi connectivity index (χ0) is 13.8. The Morgan fingerprint density at radius 3 is 2.95 bits per heavy atom. The molecule has 0 aliphatic heterocycles. The van der Waals surface area contributed by atoms with Gasteiger partial charge in [-0.3, -0.25) is 9.36 Å². The van der Waals surface area contributed by atoms with Crippen LogP contribution in [0.5, 0.6) is 0 Å². The first-order chi connectivity index (χ1) is 9.88. The Labute approximate surface area is 117 Å². The highest BCUT2D eigenvalue weighted by Gasteiger charge is 2.08. The lowest BCUT2D eigenvalue weighted by Crippen LogP contribution is -2.20. The molecule has 0 spiro atoms. The molecule has 0 saturated carbocycles. The topological polar surface area (TPSA) is 60.6 Å². The van der Waals surface area contributed by atoms with Crippen LogP contribution >= 0.6 is 0 Å². The number of para-hydroxylation sites is 1. The van der Waals surface area contributed by atoms with Gasteiger partial charge in [-0.15, -0.1) is 5.10 Å². The molecule has 1 N–H and O–H groups in total. The van der Waals surface area contributed by atoms with Crippen LogP contribution in [-0.2, 0) is 19.6 Å². The fraction of sp³-hybridized carbons (Fsp3) is 0.357. The first-order valence-electron chi connectivity index (χ1n) is 6.87. The molecule has 0 atom stereocenters. The van der Waals surface area contributed by atoms with Crippen molar-refractivity contribution in [2.75, 3.05) is 6.54 Å². The summed E-state index contributed by atoms with van der Waals surface area (Å²) in [7, 11) is 0. The van der Waals surface area contributed by atoms with Crippen LogP contribution in [-0.4, -0.2) is 31.3 Å². The third-order valence-corrected chi connectivity index (χ3v) is 3.32. The predicted molar refractivity (Wildman–Crippen MR) is 77.1 cm³/mol. The number of nitrogens with one attached hydrogen (secondary N) is 1. The zero-order valence-electron chi connectivity index (χ0n) is 11.5. The lowest BCUT2D eigenvalue weighted by molar-refractivity contribution is 0.534. The first-order valence-corrected chi connectivity index (χ1v) is 6.87. The van der Waals surface area contributed by atoms with E-state index in [1.54, 1.807) is 6.20 Å². The van der Waals surface area contributed by atoms with Crippen molar-refractivity contribution in [3.8, 4) is 0 Å². The van der Waals surface area contributed by atoms with Crippen molar-refractivity contribution in [3.05, 3.63) is 42.4 Å². The summed E-state index contributed by atoms with van der Waals surface area (Å²) in [6.45, 7) is 5.42. The molecule has 0 aliphatic rings. The molecule has 3 aromatic rings. The molecule has 3 rings (SSSR count). The largest absolute Gasteiger partial charge is 0.309 e. The summed E-state index contributed by atoms with van der Waals surface area (Å²) in [5.74, 6) is 0.